The quantitative estimate of drug-likeness (QED) is 0.809. The molecule has 0 unspecified atom stereocenters. The first-order valence-corrected chi connectivity index (χ1v) is 6.54. The predicted octanol–water partition coefficient (Wildman–Crippen LogP) is 2.07. The lowest BCUT2D eigenvalue weighted by Gasteiger charge is -2.34. The minimum absolute atomic E-state index is 0.0201. The van der Waals surface area contributed by atoms with Gasteiger partial charge in [-0.25, -0.2) is 4.98 Å². The molecule has 1 fully saturated rings. The van der Waals surface area contributed by atoms with Gasteiger partial charge >= 0.3 is 0 Å². The Kier molecular flexibility index (Phi) is 4.60. The molecular formula is C15H20N2O. The molecule has 96 valence electrons. The van der Waals surface area contributed by atoms with Crippen LogP contribution >= 0.6 is 0 Å². The highest BCUT2D eigenvalue weighted by Gasteiger charge is 2.23. The van der Waals surface area contributed by atoms with Gasteiger partial charge in [-0.2, -0.15) is 0 Å². The Hall–Kier alpha value is -1.53. The summed E-state index contributed by atoms with van der Waals surface area (Å²) < 4.78 is 0. The Bertz CT molecular complexity index is 413. The first kappa shape index (κ1) is 12.9. The summed E-state index contributed by atoms with van der Waals surface area (Å²) in [6.07, 6.45) is 6.38. The van der Waals surface area contributed by atoms with Gasteiger partial charge in [0.15, 0.2) is 0 Å². The first-order valence-electron chi connectivity index (χ1n) is 6.54. The van der Waals surface area contributed by atoms with E-state index in [-0.39, 0.29) is 6.61 Å². The fourth-order valence-corrected chi connectivity index (χ4v) is 2.55. The van der Waals surface area contributed by atoms with Crippen molar-refractivity contribution in [3.63, 3.8) is 0 Å². The number of hydrogen-bond acceptors (Lipinski definition) is 3. The maximum atomic E-state index is 8.70. The SMILES string of the molecule is CN(c1ccccn1)[C@H]1CC[C@H](C#CCO)CC1. The molecule has 1 aliphatic carbocycles. The average molecular weight is 244 g/mol. The van der Waals surface area contributed by atoms with E-state index in [0.717, 1.165) is 31.5 Å². The highest BCUT2D eigenvalue weighted by Crippen LogP contribution is 2.28. The fourth-order valence-electron chi connectivity index (χ4n) is 2.55. The molecule has 1 aromatic heterocycles. The molecule has 0 spiro atoms. The molecule has 1 N–H and O–H groups in total. The molecule has 3 heteroatoms. The molecule has 1 saturated carbocycles. The van der Waals surface area contributed by atoms with Crippen molar-refractivity contribution in [3.8, 4) is 11.8 Å². The van der Waals surface area contributed by atoms with Crippen molar-refractivity contribution in [2.75, 3.05) is 18.6 Å². The van der Waals surface area contributed by atoms with Crippen LogP contribution in [0.1, 0.15) is 25.7 Å². The lowest BCUT2D eigenvalue weighted by Crippen LogP contribution is -2.35. The summed E-state index contributed by atoms with van der Waals surface area (Å²) in [5, 5.41) is 8.70. The molecule has 0 amide bonds. The van der Waals surface area contributed by atoms with Gasteiger partial charge in [-0.3, -0.25) is 0 Å². The number of anilines is 1. The molecule has 0 aliphatic heterocycles. The number of nitrogens with zero attached hydrogens (tertiary/aromatic N) is 2. The molecule has 2 rings (SSSR count). The van der Waals surface area contributed by atoms with E-state index in [9.17, 15) is 0 Å². The van der Waals surface area contributed by atoms with Crippen LogP contribution in [0.15, 0.2) is 24.4 Å². The van der Waals surface area contributed by atoms with Gasteiger partial charge < -0.3 is 10.0 Å². The van der Waals surface area contributed by atoms with Crippen molar-refractivity contribution in [1.82, 2.24) is 4.98 Å². The highest BCUT2D eigenvalue weighted by atomic mass is 16.2. The van der Waals surface area contributed by atoms with E-state index in [1.165, 1.54) is 0 Å². The minimum Gasteiger partial charge on any atom is -0.384 e. The van der Waals surface area contributed by atoms with Gasteiger partial charge in [0.25, 0.3) is 0 Å². The van der Waals surface area contributed by atoms with Crippen molar-refractivity contribution in [3.05, 3.63) is 24.4 Å². The van der Waals surface area contributed by atoms with Gasteiger partial charge in [0.05, 0.1) is 0 Å². The summed E-state index contributed by atoms with van der Waals surface area (Å²) in [5.74, 6) is 7.42. The van der Waals surface area contributed by atoms with E-state index in [4.69, 9.17) is 5.11 Å². The van der Waals surface area contributed by atoms with Crippen LogP contribution in [0.5, 0.6) is 0 Å². The Balaban J connectivity index is 1.90. The summed E-state index contributed by atoms with van der Waals surface area (Å²) in [5.41, 5.74) is 0. The van der Waals surface area contributed by atoms with Crippen molar-refractivity contribution < 1.29 is 5.11 Å². The number of rotatable bonds is 2. The van der Waals surface area contributed by atoms with Crippen molar-refractivity contribution in [2.24, 2.45) is 5.92 Å². The van der Waals surface area contributed by atoms with Crippen LogP contribution in [0, 0.1) is 17.8 Å². The zero-order chi connectivity index (χ0) is 12.8. The maximum absolute atomic E-state index is 8.70. The molecule has 0 atom stereocenters. The smallest absolute Gasteiger partial charge is 0.128 e. The second kappa shape index (κ2) is 6.42. The summed E-state index contributed by atoms with van der Waals surface area (Å²) in [6, 6.07) is 6.58. The van der Waals surface area contributed by atoms with E-state index in [1.54, 1.807) is 0 Å². The third kappa shape index (κ3) is 3.24. The van der Waals surface area contributed by atoms with Crippen LogP contribution in [0.4, 0.5) is 5.82 Å². The van der Waals surface area contributed by atoms with Crippen LogP contribution in [-0.4, -0.2) is 29.8 Å². The molecule has 0 radical (unpaired) electrons. The Morgan fingerprint density at radius 1 is 1.33 bits per heavy atom. The van der Waals surface area contributed by atoms with Crippen molar-refractivity contribution in [1.29, 1.82) is 0 Å². The normalized spacial score (nSPS) is 23.0. The molecular weight excluding hydrogens is 224 g/mol. The largest absolute Gasteiger partial charge is 0.384 e. The molecule has 1 aliphatic rings. The zero-order valence-corrected chi connectivity index (χ0v) is 10.8. The first-order chi connectivity index (χ1) is 8.81. The van der Waals surface area contributed by atoms with Crippen LogP contribution in [0.3, 0.4) is 0 Å². The van der Waals surface area contributed by atoms with Crippen LogP contribution < -0.4 is 4.90 Å². The van der Waals surface area contributed by atoms with Crippen LogP contribution in [0.2, 0.25) is 0 Å². The molecule has 3 nitrogen and oxygen atoms in total. The molecule has 1 heterocycles. The van der Waals surface area contributed by atoms with Gasteiger partial charge in [0.2, 0.25) is 0 Å². The molecule has 0 bridgehead atoms. The van der Waals surface area contributed by atoms with Gasteiger partial charge in [-0.05, 0) is 37.8 Å². The summed E-state index contributed by atoms with van der Waals surface area (Å²) >= 11 is 0. The zero-order valence-electron chi connectivity index (χ0n) is 10.8. The van der Waals surface area contributed by atoms with Crippen molar-refractivity contribution >= 4 is 5.82 Å². The average Bonchev–Trinajstić information content (AvgIpc) is 2.46. The molecule has 18 heavy (non-hydrogen) atoms. The Labute approximate surface area is 109 Å². The van der Waals surface area contributed by atoms with E-state index < -0.39 is 0 Å². The number of aromatic nitrogens is 1. The van der Waals surface area contributed by atoms with E-state index in [0.29, 0.717) is 12.0 Å². The second-order valence-electron chi connectivity index (χ2n) is 4.78. The monoisotopic (exact) mass is 244 g/mol. The van der Waals surface area contributed by atoms with E-state index in [1.807, 2.05) is 18.3 Å². The Morgan fingerprint density at radius 2 is 2.11 bits per heavy atom. The molecule has 0 saturated heterocycles. The number of aliphatic hydroxyl groups excluding tert-OH is 1. The third-order valence-electron chi connectivity index (χ3n) is 3.64. The molecule has 0 aromatic carbocycles. The lowest BCUT2D eigenvalue weighted by molar-refractivity contribution is 0.348. The third-order valence-corrected chi connectivity index (χ3v) is 3.64. The second-order valence-corrected chi connectivity index (χ2v) is 4.78. The topological polar surface area (TPSA) is 36.4 Å². The van der Waals surface area contributed by atoms with E-state index in [2.05, 4.69) is 34.8 Å². The van der Waals surface area contributed by atoms with Crippen molar-refractivity contribution in [2.45, 2.75) is 31.7 Å². The number of hydrogen-bond donors (Lipinski definition) is 1. The molecule has 1 aromatic rings. The van der Waals surface area contributed by atoms with Gasteiger partial charge in [0, 0.05) is 25.2 Å². The summed E-state index contributed by atoms with van der Waals surface area (Å²) in [6.45, 7) is -0.0201. The van der Waals surface area contributed by atoms with Gasteiger partial charge in [0.1, 0.15) is 12.4 Å². The minimum atomic E-state index is -0.0201. The van der Waals surface area contributed by atoms with E-state index >= 15 is 0 Å². The summed E-state index contributed by atoms with van der Waals surface area (Å²) in [7, 11) is 2.12. The van der Waals surface area contributed by atoms with Gasteiger partial charge in [-0.1, -0.05) is 17.9 Å². The Morgan fingerprint density at radius 3 is 2.72 bits per heavy atom. The predicted molar refractivity (Wildman–Crippen MR) is 73.2 cm³/mol. The fraction of sp³-hybridized carbons (Fsp3) is 0.533. The highest BCUT2D eigenvalue weighted by molar-refractivity contribution is 5.38. The standard InChI is InChI=1S/C15H20N2O/c1-17(15-6-2-3-11-16-15)14-9-7-13(8-10-14)5-4-12-18/h2-3,6,11,13-14,18H,7-10,12H2,1H3/t13-,14-. The van der Waals surface area contributed by atoms with Crippen LogP contribution in [-0.2, 0) is 0 Å². The van der Waals surface area contributed by atoms with Gasteiger partial charge in [-0.15, -0.1) is 0 Å². The number of pyridine rings is 1. The maximum Gasteiger partial charge on any atom is 0.128 e. The lowest BCUT2D eigenvalue weighted by atomic mass is 9.86. The number of aliphatic hydroxyl groups is 1. The van der Waals surface area contributed by atoms with Crippen LogP contribution in [0.25, 0.3) is 0 Å². The summed E-state index contributed by atoms with van der Waals surface area (Å²) in [4.78, 5) is 6.66.